The van der Waals surface area contributed by atoms with Gasteiger partial charge in [0, 0.05) is 114 Å². The summed E-state index contributed by atoms with van der Waals surface area (Å²) in [5.41, 5.74) is 1.66. The highest BCUT2D eigenvalue weighted by Gasteiger charge is 2.69. The largest absolute Gasteiger partial charge is 0.391 e. The van der Waals surface area contributed by atoms with Crippen LogP contribution in [0.4, 0.5) is 0 Å². The topological polar surface area (TPSA) is 334 Å². The minimum absolute atomic E-state index is 0.00210. The molecule has 14 rings (SSSR count). The predicted octanol–water partition coefficient (Wildman–Crippen LogP) is 3.61. The number of aliphatic hydroxyl groups excluding tert-OH is 1. The number of nitrogens with zero attached hydrogens (tertiary/aromatic N) is 7. The molecule has 12 saturated heterocycles. The number of hydrogen-bond acceptors (Lipinski definition) is 23. The quantitative estimate of drug-likeness (QED) is 0.0677. The molecule has 12 aliphatic rings. The summed E-state index contributed by atoms with van der Waals surface area (Å²) in [5.74, 6) is -3.33. The molecule has 5 N–H and O–H groups in total. The van der Waals surface area contributed by atoms with Gasteiger partial charge in [0.2, 0.25) is 38.6 Å². The van der Waals surface area contributed by atoms with Gasteiger partial charge in [0.1, 0.15) is 53.6 Å². The second kappa shape index (κ2) is 31.4. The number of rotatable bonds is 21. The first-order valence-electron chi connectivity index (χ1n) is 37.3. The van der Waals surface area contributed by atoms with E-state index < -0.39 is 94.0 Å². The van der Waals surface area contributed by atoms with E-state index in [0.29, 0.717) is 88.3 Å². The minimum Gasteiger partial charge on any atom is -0.391 e. The molecule has 12 aliphatic heterocycles. The maximum absolute atomic E-state index is 14.7. The Hall–Kier alpha value is -5.28. The molecule has 0 saturated carbocycles. The Morgan fingerprint density at radius 3 is 2.25 bits per heavy atom. The van der Waals surface area contributed by atoms with E-state index in [1.165, 1.54) is 12.4 Å². The molecule has 0 aromatic carbocycles. The molecule has 2 aromatic heterocycles. The Balaban J connectivity index is 0.624. The minimum atomic E-state index is -3.55. The molecule has 4 amide bonds. The van der Waals surface area contributed by atoms with E-state index in [-0.39, 0.29) is 135 Å². The summed E-state index contributed by atoms with van der Waals surface area (Å²) in [6.07, 6.45) is 11.3. The number of sulfone groups is 1. The van der Waals surface area contributed by atoms with Gasteiger partial charge in [0.25, 0.3) is 0 Å². The lowest BCUT2D eigenvalue weighted by molar-refractivity contribution is -0.292. The van der Waals surface area contributed by atoms with Gasteiger partial charge in [-0.15, -0.1) is 5.10 Å². The molecular formula is C72H107N11O17S. The van der Waals surface area contributed by atoms with Gasteiger partial charge in [-0.1, -0.05) is 45.6 Å². The van der Waals surface area contributed by atoms with Gasteiger partial charge >= 0.3 is 0 Å². The van der Waals surface area contributed by atoms with Crippen molar-refractivity contribution in [3.63, 3.8) is 0 Å². The Kier molecular flexibility index (Phi) is 23.0. The summed E-state index contributed by atoms with van der Waals surface area (Å²) in [6.45, 7) is 17.8. The highest BCUT2D eigenvalue weighted by molar-refractivity contribution is 7.90. The van der Waals surface area contributed by atoms with Crippen LogP contribution in [0.15, 0.2) is 48.1 Å². The van der Waals surface area contributed by atoms with Gasteiger partial charge in [0.15, 0.2) is 5.79 Å². The van der Waals surface area contributed by atoms with Gasteiger partial charge < -0.3 is 78.8 Å². The molecule has 101 heavy (non-hydrogen) atoms. The highest BCUT2D eigenvalue weighted by Crippen LogP contribution is 2.55. The lowest BCUT2D eigenvalue weighted by Gasteiger charge is -2.47. The third-order valence-electron chi connectivity index (χ3n) is 23.7. The first-order valence-corrected chi connectivity index (χ1v) is 39.2. The zero-order valence-electron chi connectivity index (χ0n) is 59.6. The van der Waals surface area contributed by atoms with Crippen LogP contribution in [0.3, 0.4) is 0 Å². The number of ketones is 1. The van der Waals surface area contributed by atoms with Crippen molar-refractivity contribution in [1.82, 2.24) is 56.0 Å². The van der Waals surface area contributed by atoms with Crippen molar-refractivity contribution in [3.05, 3.63) is 42.9 Å². The van der Waals surface area contributed by atoms with Crippen molar-refractivity contribution in [2.24, 2.45) is 17.8 Å². The summed E-state index contributed by atoms with van der Waals surface area (Å²) in [5, 5.41) is 31.5. The second-order valence-corrected chi connectivity index (χ2v) is 33.2. The van der Waals surface area contributed by atoms with Crippen molar-refractivity contribution >= 4 is 39.2 Å². The molecule has 2 aromatic rings. The van der Waals surface area contributed by atoms with E-state index in [1.807, 2.05) is 13.8 Å². The zero-order chi connectivity index (χ0) is 71.1. The van der Waals surface area contributed by atoms with Crippen molar-refractivity contribution < 1.29 is 80.1 Å². The Morgan fingerprint density at radius 2 is 1.50 bits per heavy atom. The van der Waals surface area contributed by atoms with E-state index in [0.717, 1.165) is 75.4 Å². The van der Waals surface area contributed by atoms with Crippen LogP contribution >= 0.6 is 0 Å². The number of ether oxygens (including phenoxy) is 9. The van der Waals surface area contributed by atoms with Crippen molar-refractivity contribution in [2.45, 2.75) is 288 Å². The Morgan fingerprint density at radius 1 is 0.772 bits per heavy atom. The Labute approximate surface area is 592 Å². The molecule has 1 spiro atoms. The van der Waals surface area contributed by atoms with E-state index in [2.05, 4.69) is 78.5 Å². The van der Waals surface area contributed by atoms with Gasteiger partial charge in [-0.25, -0.2) is 18.4 Å². The summed E-state index contributed by atoms with van der Waals surface area (Å²) in [6, 6.07) is -0.624. The number of aliphatic hydroxyl groups is 1. The fourth-order valence-corrected chi connectivity index (χ4v) is 18.4. The molecule has 29 heteroatoms. The molecule has 12 fully saturated rings. The van der Waals surface area contributed by atoms with Crippen molar-refractivity contribution in [1.29, 1.82) is 0 Å². The van der Waals surface area contributed by atoms with E-state index in [9.17, 15) is 37.5 Å². The van der Waals surface area contributed by atoms with Gasteiger partial charge in [0.05, 0.1) is 79.9 Å². The maximum atomic E-state index is 14.7. The van der Waals surface area contributed by atoms with Gasteiger partial charge in [-0.2, -0.15) is 0 Å². The number of carbonyl (C=O) groups excluding carboxylic acids is 5. The zero-order valence-corrected chi connectivity index (χ0v) is 60.4. The first-order chi connectivity index (χ1) is 48.4. The fourth-order valence-electron chi connectivity index (χ4n) is 17.9. The molecule has 0 radical (unpaired) electrons. The fraction of sp³-hybridized carbons (Fsp3) is 0.792. The Bertz CT molecular complexity index is 3420. The van der Waals surface area contributed by atoms with Crippen LogP contribution in [0.25, 0.3) is 11.3 Å². The van der Waals surface area contributed by atoms with Crippen LogP contribution in [0.2, 0.25) is 0 Å². The summed E-state index contributed by atoms with van der Waals surface area (Å²) in [7, 11) is 0.155. The number of piperidine rings is 2. The van der Waals surface area contributed by atoms with Crippen molar-refractivity contribution in [3.8, 4) is 11.3 Å². The lowest BCUT2D eigenvalue weighted by atomic mass is 9.81. The molecule has 14 heterocycles. The van der Waals surface area contributed by atoms with Crippen LogP contribution in [0.5, 0.6) is 0 Å². The van der Waals surface area contributed by atoms with Gasteiger partial charge in [-0.05, 0) is 127 Å². The standard InChI is InChI=1S/C72H107N11O17S/c1-40(2)61(77-59(86)12-10-9-11-23-83-39-52(79-80-83)44-35-75-70(76-36-44)101(8,90)91)68(88)78-71(21-26-82(27-22-71)45-18-24-81(6)25-19-45)69(89)74-38-60(87)73-37-47(85)32-57-62(92-7)51-31-46(84)30-49-14-16-54-63(95-49)67-66-65(97-54)64-58(98-66)34-72(99-64,100-67)20-17-50-29-42(4)53(93-50)15-13-48-28-41(3)43(5)55(94-48)33-56(51)96-57/h35-36,39-41,45,47-51,53-58,61-67,85H,4-5,9-34,37-38H2,1-3,6-8H3,(H,73,87)(H,74,89)(H,77,86)(H,78,88)/t41-,47+,48+,49-,50+,51+,53?,54+,55-,56+,57-,58?,61+,62-,63+,64+,65+,66-,67+,72+/m1/s1. The molecule has 28 nitrogen and oxygen atoms in total. The number of carbonyl (C=O) groups is 5. The molecule has 2 unspecified atom stereocenters. The van der Waals surface area contributed by atoms with E-state index in [1.54, 1.807) is 18.0 Å². The first kappa shape index (κ1) is 74.0. The number of likely N-dealkylation sites (tertiary alicyclic amines) is 2. The lowest BCUT2D eigenvalue weighted by Crippen LogP contribution is -2.67. The number of Topliss-reactive ketones (excluding diaryl/α,β-unsaturated/α-hetero) is 1. The van der Waals surface area contributed by atoms with Crippen LogP contribution < -0.4 is 21.3 Å². The second-order valence-electron chi connectivity index (χ2n) is 31.3. The normalized spacial score (nSPS) is 35.9. The number of methoxy groups -OCH3 is 1. The highest BCUT2D eigenvalue weighted by atomic mass is 32.2. The summed E-state index contributed by atoms with van der Waals surface area (Å²) >= 11 is 0. The molecule has 20 atom stereocenters. The van der Waals surface area contributed by atoms with Gasteiger partial charge in [-0.3, -0.25) is 28.7 Å². The van der Waals surface area contributed by atoms with E-state index >= 15 is 0 Å². The average Bonchev–Trinajstić information content (AvgIpc) is 1.55. The third kappa shape index (κ3) is 16.9. The van der Waals surface area contributed by atoms with Crippen molar-refractivity contribution in [2.75, 3.05) is 59.7 Å². The van der Waals surface area contributed by atoms with Crippen LogP contribution in [-0.2, 0) is 83.0 Å². The monoisotopic (exact) mass is 1430 g/mol. The number of fused-ring (bicyclic) bond motifs is 6. The summed E-state index contributed by atoms with van der Waals surface area (Å²) in [4.78, 5) is 83.7. The average molecular weight is 1430 g/mol. The summed E-state index contributed by atoms with van der Waals surface area (Å²) < 4.78 is 86.4. The molecule has 0 aliphatic carbocycles. The predicted molar refractivity (Wildman–Crippen MR) is 365 cm³/mol. The number of nitrogens with one attached hydrogen (secondary N) is 4. The third-order valence-corrected chi connectivity index (χ3v) is 24.5. The van der Waals surface area contributed by atoms with Crippen LogP contribution in [0.1, 0.15) is 156 Å². The van der Waals surface area contributed by atoms with Crippen LogP contribution in [0, 0.1) is 17.8 Å². The number of aromatic nitrogens is 5. The van der Waals surface area contributed by atoms with E-state index in [4.69, 9.17) is 42.6 Å². The molecule has 558 valence electrons. The molecular weight excluding hydrogens is 1320 g/mol. The number of amides is 4. The molecule has 12 bridgehead atoms. The number of aryl methyl sites for hydroxylation is 1. The maximum Gasteiger partial charge on any atom is 0.246 e. The smallest absolute Gasteiger partial charge is 0.246 e. The number of hydrogen-bond donors (Lipinski definition) is 5. The van der Waals surface area contributed by atoms with Crippen LogP contribution in [-0.4, -0.2) is 258 Å². The number of unbranched alkanes of at least 4 members (excludes halogenated alkanes) is 2. The SMILES string of the molecule is C=C1C[C@@H]2CC[C@@]34CC5O[C@H]6[C@@H](O3)[C@H]3O[C@H](CC[C@@H]3O[C@H]6[C@H]5O4)CC(=O)C[C@@H]3[C@@H](OC)[C@@H](C[C@H](O)CNC(=O)CNC(=O)C4(NC(=O)[C@@H](NC(=O)CCCCCn5cc(-c6cnc(S(C)(=O)=O)nc6)nn5)C(C)C)CCN(C5CCN(C)CC5)CC4)O[C@H]3C[C@H]3O[C@@H](CCC1O2)C[C@@H](C)C3=C.